The number of ether oxygens (including phenoxy) is 1. The number of nitrogens with one attached hydrogen (secondary N) is 1. The topological polar surface area (TPSA) is 71.0 Å². The summed E-state index contributed by atoms with van der Waals surface area (Å²) in [7, 11) is -0.183. The van der Waals surface area contributed by atoms with Crippen molar-refractivity contribution >= 4 is 18.7 Å². The second kappa shape index (κ2) is 6.13. The maximum Gasteiger partial charge on any atom is 0.707 e. The number of methoxy groups -OCH3 is 1. The first-order valence-corrected chi connectivity index (χ1v) is 5.71. The van der Waals surface area contributed by atoms with E-state index >= 15 is 0 Å². The predicted octanol–water partition coefficient (Wildman–Crippen LogP) is 1.79. The summed E-state index contributed by atoms with van der Waals surface area (Å²) in [6, 6.07) is 14.4. The molecular weight excluding hydrogens is 245 g/mol. The van der Waals surface area contributed by atoms with Gasteiger partial charge in [-0.2, -0.15) is 0 Å². The first kappa shape index (κ1) is 13.3. The van der Waals surface area contributed by atoms with Gasteiger partial charge >= 0.3 is 7.32 Å². The fourth-order valence-corrected chi connectivity index (χ4v) is 1.58. The van der Waals surface area contributed by atoms with E-state index in [2.05, 4.69) is 5.32 Å². The molecule has 2 aromatic carbocycles. The van der Waals surface area contributed by atoms with E-state index in [0.29, 0.717) is 5.75 Å². The highest BCUT2D eigenvalue weighted by atomic mass is 16.6. The molecular formula is C13H14BNO4. The van der Waals surface area contributed by atoms with E-state index in [-0.39, 0.29) is 0 Å². The maximum absolute atomic E-state index is 8.67. The summed E-state index contributed by atoms with van der Waals surface area (Å²) in [5.74, 6) is 1.18. The van der Waals surface area contributed by atoms with E-state index in [9.17, 15) is 0 Å². The van der Waals surface area contributed by atoms with E-state index in [4.69, 9.17) is 19.4 Å². The van der Waals surface area contributed by atoms with Crippen molar-refractivity contribution in [2.24, 2.45) is 0 Å². The minimum Gasteiger partial charge on any atom is -0.512 e. The zero-order valence-electron chi connectivity index (χ0n) is 10.4. The smallest absolute Gasteiger partial charge is 0.512 e. The summed E-state index contributed by atoms with van der Waals surface area (Å²) in [6.07, 6.45) is 0. The lowest BCUT2D eigenvalue weighted by Gasteiger charge is -2.09. The van der Waals surface area contributed by atoms with Crippen LogP contribution in [0.5, 0.6) is 11.5 Å². The lowest BCUT2D eigenvalue weighted by atomic mass is 10.2. The van der Waals surface area contributed by atoms with Crippen LogP contribution in [-0.4, -0.2) is 24.5 Å². The lowest BCUT2D eigenvalue weighted by Crippen LogP contribution is -2.20. The Kier molecular flexibility index (Phi) is 4.28. The molecule has 2 aromatic rings. The minimum absolute atomic E-state index is 0.385. The van der Waals surface area contributed by atoms with Gasteiger partial charge in [-0.25, -0.2) is 0 Å². The quantitative estimate of drug-likeness (QED) is 0.714. The molecule has 0 atom stereocenters. The van der Waals surface area contributed by atoms with Gasteiger partial charge in [0.15, 0.2) is 0 Å². The van der Waals surface area contributed by atoms with Crippen LogP contribution < -0.4 is 14.7 Å². The second-order valence-electron chi connectivity index (χ2n) is 3.82. The number of anilines is 2. The number of hydrogen-bond donors (Lipinski definition) is 3. The van der Waals surface area contributed by atoms with Crippen molar-refractivity contribution in [3.8, 4) is 11.5 Å². The molecule has 0 aliphatic rings. The van der Waals surface area contributed by atoms with Crippen molar-refractivity contribution in [1.82, 2.24) is 0 Å². The number of benzene rings is 2. The van der Waals surface area contributed by atoms with Gasteiger partial charge in [0, 0.05) is 11.4 Å². The largest absolute Gasteiger partial charge is 0.707 e. The Labute approximate surface area is 111 Å². The molecule has 0 saturated heterocycles. The van der Waals surface area contributed by atoms with Crippen molar-refractivity contribution in [2.45, 2.75) is 0 Å². The van der Waals surface area contributed by atoms with Crippen LogP contribution >= 0.6 is 0 Å². The zero-order valence-corrected chi connectivity index (χ0v) is 10.4. The van der Waals surface area contributed by atoms with Gasteiger partial charge in [0.25, 0.3) is 0 Å². The lowest BCUT2D eigenvalue weighted by molar-refractivity contribution is 0.288. The molecule has 0 bridgehead atoms. The highest BCUT2D eigenvalue weighted by molar-refractivity contribution is 6.33. The zero-order chi connectivity index (χ0) is 13.7. The molecule has 98 valence electrons. The van der Waals surface area contributed by atoms with Crippen LogP contribution in [0.1, 0.15) is 0 Å². The molecule has 0 aliphatic heterocycles. The standard InChI is InChI=1S/C13H14BNO4/c1-18-12-6-2-10(3-7-12)15-11-4-8-13(9-5-11)19-14(16)17/h2-9,15-17H,1H3. The van der Waals surface area contributed by atoms with E-state index in [1.165, 1.54) is 0 Å². The van der Waals surface area contributed by atoms with Crippen LogP contribution in [0.15, 0.2) is 48.5 Å². The molecule has 3 N–H and O–H groups in total. The molecule has 0 fully saturated rings. The van der Waals surface area contributed by atoms with Crippen LogP contribution in [0.25, 0.3) is 0 Å². The van der Waals surface area contributed by atoms with Gasteiger partial charge in [0.2, 0.25) is 0 Å². The molecule has 0 aliphatic carbocycles. The molecule has 0 amide bonds. The Morgan fingerprint density at radius 2 is 1.32 bits per heavy atom. The molecule has 0 saturated carbocycles. The first-order chi connectivity index (χ1) is 9.17. The van der Waals surface area contributed by atoms with Gasteiger partial charge in [-0.1, -0.05) is 0 Å². The van der Waals surface area contributed by atoms with E-state index in [1.807, 2.05) is 24.3 Å². The molecule has 2 rings (SSSR count). The van der Waals surface area contributed by atoms with Gasteiger partial charge in [-0.05, 0) is 48.5 Å². The Hall–Kier alpha value is -2.18. The van der Waals surface area contributed by atoms with Crippen LogP contribution in [0.4, 0.5) is 11.4 Å². The predicted molar refractivity (Wildman–Crippen MR) is 73.5 cm³/mol. The number of rotatable bonds is 5. The monoisotopic (exact) mass is 259 g/mol. The SMILES string of the molecule is COc1ccc(Nc2ccc(OB(O)O)cc2)cc1. The van der Waals surface area contributed by atoms with E-state index < -0.39 is 7.32 Å². The molecule has 6 heteroatoms. The van der Waals surface area contributed by atoms with E-state index in [0.717, 1.165) is 17.1 Å². The van der Waals surface area contributed by atoms with Gasteiger partial charge in [0.1, 0.15) is 11.5 Å². The molecule has 19 heavy (non-hydrogen) atoms. The average molecular weight is 259 g/mol. The highest BCUT2D eigenvalue weighted by Gasteiger charge is 2.10. The highest BCUT2D eigenvalue weighted by Crippen LogP contribution is 2.22. The van der Waals surface area contributed by atoms with Crippen LogP contribution in [0, 0.1) is 0 Å². The first-order valence-electron chi connectivity index (χ1n) is 5.71. The molecule has 0 heterocycles. The second-order valence-corrected chi connectivity index (χ2v) is 3.82. The summed E-state index contributed by atoms with van der Waals surface area (Å²) < 4.78 is 9.80. The van der Waals surface area contributed by atoms with Gasteiger partial charge in [-0.15, -0.1) is 0 Å². The number of hydrogen-bond acceptors (Lipinski definition) is 5. The third-order valence-corrected chi connectivity index (χ3v) is 2.47. The van der Waals surface area contributed by atoms with E-state index in [1.54, 1.807) is 31.4 Å². The summed E-state index contributed by atoms with van der Waals surface area (Å²) in [5.41, 5.74) is 1.79. The molecule has 0 unspecified atom stereocenters. The Morgan fingerprint density at radius 3 is 1.74 bits per heavy atom. The van der Waals surface area contributed by atoms with Crippen molar-refractivity contribution in [2.75, 3.05) is 12.4 Å². The average Bonchev–Trinajstić information content (AvgIpc) is 2.41. The normalized spacial score (nSPS) is 9.84. The van der Waals surface area contributed by atoms with Crippen molar-refractivity contribution in [1.29, 1.82) is 0 Å². The fourth-order valence-electron chi connectivity index (χ4n) is 1.58. The van der Waals surface area contributed by atoms with Crippen molar-refractivity contribution in [3.05, 3.63) is 48.5 Å². The summed E-state index contributed by atoms with van der Waals surface area (Å²) in [5, 5.41) is 20.5. The van der Waals surface area contributed by atoms with Gasteiger partial charge in [-0.3, -0.25) is 0 Å². The van der Waals surface area contributed by atoms with Crippen LogP contribution in [0.2, 0.25) is 0 Å². The third-order valence-electron chi connectivity index (χ3n) is 2.47. The Balaban J connectivity index is 2.02. The van der Waals surface area contributed by atoms with Crippen LogP contribution in [0.3, 0.4) is 0 Å². The van der Waals surface area contributed by atoms with Gasteiger partial charge < -0.3 is 24.8 Å². The fraction of sp³-hybridized carbons (Fsp3) is 0.0769. The maximum atomic E-state index is 8.67. The molecule has 0 aromatic heterocycles. The summed E-state index contributed by atoms with van der Waals surface area (Å²) in [4.78, 5) is 0. The van der Waals surface area contributed by atoms with Crippen molar-refractivity contribution in [3.63, 3.8) is 0 Å². The Morgan fingerprint density at radius 1 is 0.842 bits per heavy atom. The minimum atomic E-state index is -1.81. The third kappa shape index (κ3) is 3.91. The summed E-state index contributed by atoms with van der Waals surface area (Å²) >= 11 is 0. The molecule has 0 spiro atoms. The summed E-state index contributed by atoms with van der Waals surface area (Å²) in [6.45, 7) is 0. The Bertz CT molecular complexity index is 513. The van der Waals surface area contributed by atoms with Crippen molar-refractivity contribution < 1.29 is 19.4 Å². The molecule has 5 nitrogen and oxygen atoms in total. The van der Waals surface area contributed by atoms with Gasteiger partial charge in [0.05, 0.1) is 7.11 Å². The van der Waals surface area contributed by atoms with Crippen LogP contribution in [-0.2, 0) is 0 Å². The molecule has 0 radical (unpaired) electrons.